The average molecular weight is 337 g/mol. The van der Waals surface area contributed by atoms with Gasteiger partial charge in [-0.2, -0.15) is 0 Å². The van der Waals surface area contributed by atoms with Gasteiger partial charge in [0.05, 0.1) is 0 Å². The first-order valence-corrected chi connectivity index (χ1v) is 8.54. The molecule has 0 amide bonds. The number of carbonyl (C=O) groups excluding carboxylic acids is 1. The minimum absolute atomic E-state index is 0.0694. The molecule has 25 heavy (non-hydrogen) atoms. The Labute approximate surface area is 150 Å². The van der Waals surface area contributed by atoms with E-state index in [1.54, 1.807) is 0 Å². The van der Waals surface area contributed by atoms with E-state index in [0.717, 1.165) is 16.7 Å². The molecule has 1 unspecified atom stereocenters. The molecule has 2 rings (SSSR count). The summed E-state index contributed by atoms with van der Waals surface area (Å²) >= 11 is 0. The third-order valence-corrected chi connectivity index (χ3v) is 4.80. The maximum Gasteiger partial charge on any atom is 0.141 e. The Bertz CT molecular complexity index is 721. The van der Waals surface area contributed by atoms with Gasteiger partial charge < -0.3 is 11.1 Å². The maximum absolute atomic E-state index is 12.6. The number of nitrogens with one attached hydrogen (secondary N) is 2. The Morgan fingerprint density at radius 2 is 1.68 bits per heavy atom. The quantitative estimate of drug-likeness (QED) is 0.511. The third kappa shape index (κ3) is 5.26. The van der Waals surface area contributed by atoms with Crippen molar-refractivity contribution < 1.29 is 4.79 Å². The zero-order chi connectivity index (χ0) is 18.4. The Hall–Kier alpha value is -2.46. The van der Waals surface area contributed by atoms with E-state index in [2.05, 4.69) is 19.2 Å². The molecule has 0 aliphatic rings. The van der Waals surface area contributed by atoms with Crippen LogP contribution >= 0.6 is 0 Å². The van der Waals surface area contributed by atoms with Crippen LogP contribution in [0.5, 0.6) is 0 Å². The summed E-state index contributed by atoms with van der Waals surface area (Å²) in [6.45, 7) is 6.76. The topological polar surface area (TPSA) is 79.0 Å². The minimum Gasteiger partial charge on any atom is -0.384 e. The molecule has 2 aromatic rings. The largest absolute Gasteiger partial charge is 0.384 e. The Balaban J connectivity index is 1.95. The summed E-state index contributed by atoms with van der Waals surface area (Å²) in [7, 11) is 0. The van der Waals surface area contributed by atoms with Crippen LogP contribution in [0, 0.1) is 11.3 Å². The summed E-state index contributed by atoms with van der Waals surface area (Å²) in [5, 5.41) is 10.9. The highest BCUT2D eigenvalue weighted by molar-refractivity contribution is 5.94. The lowest BCUT2D eigenvalue weighted by molar-refractivity contribution is -0.123. The molecule has 0 aliphatic heterocycles. The highest BCUT2D eigenvalue weighted by Gasteiger charge is 2.30. The molecule has 0 fully saturated rings. The van der Waals surface area contributed by atoms with E-state index >= 15 is 0 Å². The second kappa shape index (κ2) is 8.08. The summed E-state index contributed by atoms with van der Waals surface area (Å²) in [6.07, 6.45) is 0.459. The number of Topliss-reactive ketones (excluding diaryl/α,β-unsaturated/α-hetero) is 1. The van der Waals surface area contributed by atoms with E-state index in [1.807, 2.05) is 61.5 Å². The molecule has 0 saturated carbocycles. The first-order chi connectivity index (χ1) is 11.8. The standard InChI is InChI=1S/C21H27N3O/c1-15(19(25)13-16-7-5-4-6-8-16)21(2,3)24-14-17-9-11-18(12-10-17)20(22)23/h4-12,15,24H,13-14H2,1-3H3,(H3,22,23). The van der Waals surface area contributed by atoms with Gasteiger partial charge in [0.15, 0.2) is 0 Å². The molecule has 4 nitrogen and oxygen atoms in total. The van der Waals surface area contributed by atoms with Crippen LogP contribution in [0.2, 0.25) is 0 Å². The number of rotatable bonds is 8. The predicted molar refractivity (Wildman–Crippen MR) is 103 cm³/mol. The van der Waals surface area contributed by atoms with Crippen LogP contribution in [0.3, 0.4) is 0 Å². The van der Waals surface area contributed by atoms with E-state index in [1.165, 1.54) is 0 Å². The van der Waals surface area contributed by atoms with E-state index in [9.17, 15) is 4.79 Å². The Morgan fingerprint density at radius 3 is 2.24 bits per heavy atom. The molecule has 0 saturated heterocycles. The Kier molecular flexibility index (Phi) is 6.10. The van der Waals surface area contributed by atoms with Gasteiger partial charge in [0.1, 0.15) is 11.6 Å². The molecule has 132 valence electrons. The molecule has 4 N–H and O–H groups in total. The highest BCUT2D eigenvalue weighted by Crippen LogP contribution is 2.20. The number of hydrogen-bond donors (Lipinski definition) is 3. The second-order valence-corrected chi connectivity index (χ2v) is 7.04. The van der Waals surface area contributed by atoms with Crippen LogP contribution in [0.1, 0.15) is 37.5 Å². The summed E-state index contributed by atoms with van der Waals surface area (Å²) in [6, 6.07) is 17.4. The second-order valence-electron chi connectivity index (χ2n) is 7.04. The normalized spacial score (nSPS) is 12.6. The highest BCUT2D eigenvalue weighted by atomic mass is 16.1. The molecule has 2 aromatic carbocycles. The maximum atomic E-state index is 12.6. The molecule has 0 heterocycles. The van der Waals surface area contributed by atoms with E-state index in [-0.39, 0.29) is 23.1 Å². The summed E-state index contributed by atoms with van der Waals surface area (Å²) < 4.78 is 0. The number of nitrogens with two attached hydrogens (primary N) is 1. The average Bonchev–Trinajstić information content (AvgIpc) is 2.60. The zero-order valence-corrected chi connectivity index (χ0v) is 15.2. The summed E-state index contributed by atoms with van der Waals surface area (Å²) in [5.74, 6) is 0.194. The van der Waals surface area contributed by atoms with E-state index in [0.29, 0.717) is 13.0 Å². The van der Waals surface area contributed by atoms with Crippen LogP contribution in [-0.2, 0) is 17.8 Å². The van der Waals surface area contributed by atoms with Crippen LogP contribution in [0.15, 0.2) is 54.6 Å². The molecular formula is C21H27N3O. The van der Waals surface area contributed by atoms with Crippen molar-refractivity contribution in [3.05, 3.63) is 71.3 Å². The lowest BCUT2D eigenvalue weighted by Gasteiger charge is -2.32. The van der Waals surface area contributed by atoms with Crippen molar-refractivity contribution in [3.8, 4) is 0 Å². The van der Waals surface area contributed by atoms with Gasteiger partial charge in [0.2, 0.25) is 0 Å². The number of hydrogen-bond acceptors (Lipinski definition) is 3. The number of nitrogen functional groups attached to an aromatic ring is 1. The van der Waals surface area contributed by atoms with Crippen LogP contribution in [-0.4, -0.2) is 17.2 Å². The van der Waals surface area contributed by atoms with Gasteiger partial charge >= 0.3 is 0 Å². The van der Waals surface area contributed by atoms with Crippen molar-refractivity contribution in [1.82, 2.24) is 5.32 Å². The van der Waals surface area contributed by atoms with Crippen LogP contribution in [0.25, 0.3) is 0 Å². The van der Waals surface area contributed by atoms with Gasteiger partial charge in [0.25, 0.3) is 0 Å². The molecule has 0 bridgehead atoms. The van der Waals surface area contributed by atoms with Crippen molar-refractivity contribution in [3.63, 3.8) is 0 Å². The number of carbonyl (C=O) groups is 1. The Morgan fingerprint density at radius 1 is 1.08 bits per heavy atom. The fourth-order valence-electron chi connectivity index (χ4n) is 2.64. The number of benzene rings is 2. The zero-order valence-electron chi connectivity index (χ0n) is 15.2. The van der Waals surface area contributed by atoms with Crippen LogP contribution < -0.4 is 11.1 Å². The van der Waals surface area contributed by atoms with E-state index in [4.69, 9.17) is 11.1 Å². The molecule has 0 aromatic heterocycles. The fraction of sp³-hybridized carbons (Fsp3) is 0.333. The first-order valence-electron chi connectivity index (χ1n) is 8.54. The molecule has 0 spiro atoms. The van der Waals surface area contributed by atoms with Crippen molar-refractivity contribution in [1.29, 1.82) is 5.41 Å². The summed E-state index contributed by atoms with van der Waals surface area (Å²) in [5.41, 5.74) is 8.03. The van der Waals surface area contributed by atoms with E-state index < -0.39 is 0 Å². The summed E-state index contributed by atoms with van der Waals surface area (Å²) in [4.78, 5) is 12.6. The predicted octanol–water partition coefficient (Wildman–Crippen LogP) is 3.29. The first kappa shape index (κ1) is 18.9. The van der Waals surface area contributed by atoms with Crippen molar-refractivity contribution in [2.75, 3.05) is 0 Å². The molecular weight excluding hydrogens is 310 g/mol. The third-order valence-electron chi connectivity index (χ3n) is 4.80. The lowest BCUT2D eigenvalue weighted by atomic mass is 9.83. The van der Waals surface area contributed by atoms with Gasteiger partial charge in [-0.3, -0.25) is 10.2 Å². The smallest absolute Gasteiger partial charge is 0.141 e. The fourth-order valence-corrected chi connectivity index (χ4v) is 2.64. The van der Waals surface area contributed by atoms with Crippen molar-refractivity contribution in [2.45, 2.75) is 39.3 Å². The SMILES string of the molecule is CC(C(=O)Cc1ccccc1)C(C)(C)NCc1ccc(C(=N)N)cc1. The molecule has 1 atom stereocenters. The van der Waals surface area contributed by atoms with Gasteiger partial charge in [-0.15, -0.1) is 0 Å². The minimum atomic E-state index is -0.314. The van der Waals surface area contributed by atoms with Gasteiger partial charge in [-0.25, -0.2) is 0 Å². The van der Waals surface area contributed by atoms with Crippen molar-refractivity contribution in [2.24, 2.45) is 11.7 Å². The van der Waals surface area contributed by atoms with Gasteiger partial charge in [-0.1, -0.05) is 61.5 Å². The molecule has 4 heteroatoms. The van der Waals surface area contributed by atoms with Crippen LogP contribution in [0.4, 0.5) is 0 Å². The number of amidine groups is 1. The monoisotopic (exact) mass is 337 g/mol. The van der Waals surface area contributed by atoms with Gasteiger partial charge in [0, 0.05) is 30.0 Å². The van der Waals surface area contributed by atoms with Gasteiger partial charge in [-0.05, 0) is 25.0 Å². The van der Waals surface area contributed by atoms with Crippen molar-refractivity contribution >= 4 is 11.6 Å². The molecule has 0 aliphatic carbocycles. The molecule has 0 radical (unpaired) electrons. The lowest BCUT2D eigenvalue weighted by Crippen LogP contribution is -2.48. The number of ketones is 1.